The highest BCUT2D eigenvalue weighted by Crippen LogP contribution is 2.35. The Kier molecular flexibility index (Phi) is 32.3. The Labute approximate surface area is 482 Å². The highest BCUT2D eigenvalue weighted by atomic mass is 19.1. The molecule has 81 heavy (non-hydrogen) atoms. The number of likely N-dealkylation sites (tertiary alicyclic amines) is 2. The number of piperidine rings is 3. The van der Waals surface area contributed by atoms with E-state index < -0.39 is 0 Å². The number of nitrogens with zero attached hydrogens (tertiary/aromatic N) is 6. The lowest BCUT2D eigenvalue weighted by Gasteiger charge is -2.50. The van der Waals surface area contributed by atoms with Gasteiger partial charge in [0, 0.05) is 97.3 Å². The van der Waals surface area contributed by atoms with Gasteiger partial charge in [0.05, 0.1) is 64.0 Å². The third kappa shape index (κ3) is 25.3. The fourth-order valence-electron chi connectivity index (χ4n) is 9.18. The van der Waals surface area contributed by atoms with E-state index in [2.05, 4.69) is 83.5 Å². The van der Waals surface area contributed by atoms with Gasteiger partial charge in [-0.3, -0.25) is 34.4 Å². The van der Waals surface area contributed by atoms with Crippen molar-refractivity contribution in [3.05, 3.63) is 94.6 Å². The van der Waals surface area contributed by atoms with Gasteiger partial charge in [-0.05, 0) is 101 Å². The Balaban J connectivity index is 0.00000100. The third-order valence-electron chi connectivity index (χ3n) is 14.3. The van der Waals surface area contributed by atoms with E-state index in [1.165, 1.54) is 25.0 Å². The van der Waals surface area contributed by atoms with E-state index in [-0.39, 0.29) is 40.3 Å². The number of hydrogen-bond acceptors (Lipinski definition) is 16. The van der Waals surface area contributed by atoms with Gasteiger partial charge in [0.1, 0.15) is 24.1 Å². The van der Waals surface area contributed by atoms with Gasteiger partial charge in [-0.25, -0.2) is 19.6 Å². The van der Waals surface area contributed by atoms with Gasteiger partial charge >= 0.3 is 0 Å². The number of hydrogen-bond donors (Lipinski definition) is 5. The second-order valence-electron chi connectivity index (χ2n) is 21.3. The lowest BCUT2D eigenvalue weighted by atomic mass is 9.82. The molecule has 4 saturated heterocycles. The van der Waals surface area contributed by atoms with Gasteiger partial charge in [0.2, 0.25) is 11.8 Å². The highest BCUT2D eigenvalue weighted by Gasteiger charge is 2.41. The molecule has 6 N–H and O–H groups in total. The van der Waals surface area contributed by atoms with Crippen LogP contribution < -0.4 is 32.0 Å². The predicted octanol–water partition coefficient (Wildman–Crippen LogP) is 9.00. The summed E-state index contributed by atoms with van der Waals surface area (Å²) in [5, 5.41) is 14.1. The Morgan fingerprint density at radius 2 is 1.56 bits per heavy atom. The number of carbonyl (C=O) groups excluding carboxylic acids is 4. The molecule has 0 aromatic heterocycles. The molecule has 4 fully saturated rings. The van der Waals surface area contributed by atoms with Gasteiger partial charge in [0.25, 0.3) is 0 Å². The second-order valence-corrected chi connectivity index (χ2v) is 21.3. The van der Waals surface area contributed by atoms with Crippen LogP contribution in [0.4, 0.5) is 20.2 Å². The van der Waals surface area contributed by atoms with Crippen LogP contribution in [-0.2, 0) is 30.3 Å². The number of aldehydes is 2. The highest BCUT2D eigenvalue weighted by molar-refractivity contribution is 5.98. The van der Waals surface area contributed by atoms with E-state index in [0.717, 1.165) is 68.1 Å². The number of hydrazine groups is 1. The largest absolute Gasteiger partial charge is 0.383 e. The number of imide groups is 1. The average Bonchev–Trinajstić information content (AvgIpc) is 3.50. The van der Waals surface area contributed by atoms with Crippen molar-refractivity contribution in [1.29, 1.82) is 0 Å². The molecule has 452 valence electrons. The third-order valence-corrected chi connectivity index (χ3v) is 14.3. The first-order chi connectivity index (χ1) is 39.0. The maximum absolute atomic E-state index is 15.9. The van der Waals surface area contributed by atoms with E-state index in [4.69, 9.17) is 25.0 Å². The van der Waals surface area contributed by atoms with Gasteiger partial charge < -0.3 is 45.0 Å². The van der Waals surface area contributed by atoms with Crippen LogP contribution in [0, 0.1) is 23.0 Å². The molecule has 0 bridgehead atoms. The minimum Gasteiger partial charge on any atom is -0.383 e. The lowest BCUT2D eigenvalue weighted by molar-refractivity contribution is -0.135. The molecule has 1 unspecified atom stereocenters. The number of nitrogens with two attached hydrogens (primary N) is 1. The summed E-state index contributed by atoms with van der Waals surface area (Å²) < 4.78 is 48.5. The van der Waals surface area contributed by atoms with Crippen molar-refractivity contribution in [2.24, 2.45) is 27.2 Å². The van der Waals surface area contributed by atoms with Crippen molar-refractivity contribution in [3.8, 4) is 0 Å². The summed E-state index contributed by atoms with van der Waals surface area (Å²) in [4.78, 5) is 58.5. The van der Waals surface area contributed by atoms with Crippen LogP contribution in [0.25, 0.3) is 0 Å². The van der Waals surface area contributed by atoms with Crippen LogP contribution in [0.3, 0.4) is 0 Å². The standard InChI is InChI=1S/C49H72F2N10O5.C6H9NO2.C4H10.C2H6/c1-6-7-43-33-60(46-30-44(50)40(29-45(46)51)32-58-17-11-48(3,4)12-18-58)36-49(57-43)13-19-59(20-14-49)47(10-15-53-5)56-37-55-38(2)31-61(52)21-23-65-25-27-66-26-24-64-22-16-54-42-9-8-39(34-62)41(28-42)35-63;1-4-2-3-5(8)7-6(4)9;1-3-4-2;1-2/h7-10,15,28-31,34-35,54-55,57H,5-6,11-14,16-27,32-33,36-37,52H2,1-4H3;4H,2-3H2,1H3,(H,7,8,9);3-4H2,1-2H3;1-2H3/b15-10-,38-31+,43-7-,56-47+;;;. The fraction of sp³-hybridized carbons (Fsp3) is 0.607. The maximum Gasteiger partial charge on any atom is 0.229 e. The van der Waals surface area contributed by atoms with Crippen LogP contribution in [-0.4, -0.2) is 156 Å². The number of piperazine rings is 1. The van der Waals surface area contributed by atoms with Crippen molar-refractivity contribution >= 4 is 48.3 Å². The van der Waals surface area contributed by atoms with Crippen molar-refractivity contribution in [1.82, 2.24) is 30.8 Å². The quantitative estimate of drug-likeness (QED) is 0.0113. The number of amides is 2. The Morgan fingerprint density at radius 1 is 0.901 bits per heavy atom. The zero-order chi connectivity index (χ0) is 59.6. The molecule has 0 saturated carbocycles. The predicted molar refractivity (Wildman–Crippen MR) is 322 cm³/mol. The van der Waals surface area contributed by atoms with Crippen LogP contribution >= 0.6 is 0 Å². The topological polar surface area (TPSA) is 208 Å². The van der Waals surface area contributed by atoms with E-state index >= 15 is 8.78 Å². The van der Waals surface area contributed by atoms with E-state index in [1.54, 1.807) is 35.6 Å². The van der Waals surface area contributed by atoms with E-state index in [1.807, 2.05) is 38.7 Å². The molecule has 6 rings (SSSR count). The van der Waals surface area contributed by atoms with Crippen molar-refractivity contribution in [2.75, 3.05) is 109 Å². The molecule has 2 amide bonds. The molecule has 4 heterocycles. The van der Waals surface area contributed by atoms with Gasteiger partial charge in [-0.2, -0.15) is 0 Å². The van der Waals surface area contributed by atoms with Crippen molar-refractivity contribution in [2.45, 2.75) is 132 Å². The SMILES string of the molecule is C=N/C=C\C(=N/CN/C(C)=C/N(N)CCOCCOCCOCCNc1ccc(C=O)c(C=O)c1)N1CCC2(CC1)CN(c1cc(F)c(CN3CCC(C)(C)CC3)cc1F)C/C(=C/CC)N2.CC.CC1CCC(=O)NC1=O.CCCC. The number of aliphatic imine (C=N–C) groups is 2. The van der Waals surface area contributed by atoms with Crippen molar-refractivity contribution in [3.63, 3.8) is 0 Å². The van der Waals surface area contributed by atoms with Crippen LogP contribution in [0.15, 0.2) is 76.3 Å². The van der Waals surface area contributed by atoms with Crippen LogP contribution in [0.5, 0.6) is 0 Å². The number of allylic oxidation sites excluding steroid dienone is 2. The van der Waals surface area contributed by atoms with Gasteiger partial charge in [0.15, 0.2) is 12.6 Å². The number of unbranched alkanes of at least 4 members (excludes halogenated alkanes) is 1. The van der Waals surface area contributed by atoms with Gasteiger partial charge in [-0.15, -0.1) is 0 Å². The molecule has 18 nitrogen and oxygen atoms in total. The Morgan fingerprint density at radius 3 is 2.16 bits per heavy atom. The summed E-state index contributed by atoms with van der Waals surface area (Å²) in [6.07, 6.45) is 17.1. The first kappa shape index (κ1) is 69.2. The van der Waals surface area contributed by atoms with Gasteiger partial charge in [-0.1, -0.05) is 74.3 Å². The zero-order valence-electron chi connectivity index (χ0n) is 50.2. The minimum absolute atomic E-state index is 0.0164. The first-order valence-corrected chi connectivity index (χ1v) is 29.1. The smallest absolute Gasteiger partial charge is 0.229 e. The molecular weight excluding hydrogens is 1040 g/mol. The average molecular weight is 1130 g/mol. The molecule has 2 aromatic rings. The maximum atomic E-state index is 15.9. The molecule has 0 radical (unpaired) electrons. The zero-order valence-corrected chi connectivity index (χ0v) is 50.2. The molecule has 4 aliphatic rings. The Bertz CT molecular complexity index is 2360. The number of ether oxygens (including phenoxy) is 3. The number of amidine groups is 1. The fourth-order valence-corrected chi connectivity index (χ4v) is 9.18. The molecule has 4 aliphatic heterocycles. The summed E-state index contributed by atoms with van der Waals surface area (Å²) in [5.41, 5.74) is 4.00. The summed E-state index contributed by atoms with van der Waals surface area (Å²) in [6.45, 7) is 30.9. The number of nitrogens with one attached hydrogen (secondary N) is 4. The number of carbonyl (C=O) groups is 4. The first-order valence-electron chi connectivity index (χ1n) is 29.1. The van der Waals surface area contributed by atoms with Crippen LogP contribution in [0.1, 0.15) is 146 Å². The molecule has 20 heteroatoms. The normalized spacial score (nSPS) is 18.6. The lowest BCUT2D eigenvalue weighted by Crippen LogP contribution is -2.63. The van der Waals surface area contributed by atoms with Crippen molar-refractivity contribution < 1.29 is 42.2 Å². The number of anilines is 2. The molecule has 0 aliphatic carbocycles. The van der Waals surface area contributed by atoms with Crippen LogP contribution in [0.2, 0.25) is 0 Å². The summed E-state index contributed by atoms with van der Waals surface area (Å²) in [7, 11) is 0. The second kappa shape index (κ2) is 37.9. The molecule has 1 atom stereocenters. The monoisotopic (exact) mass is 1130 g/mol. The summed E-state index contributed by atoms with van der Waals surface area (Å²) in [6, 6.07) is 7.81. The summed E-state index contributed by atoms with van der Waals surface area (Å²) >= 11 is 0. The number of benzene rings is 2. The summed E-state index contributed by atoms with van der Waals surface area (Å²) in [5.74, 6) is 5.99. The number of halogens is 2. The Hall–Kier alpha value is -6.06. The molecular formula is C61H97F2N11O7. The molecule has 1 spiro atoms. The van der Waals surface area contributed by atoms with E-state index in [0.29, 0.717) is 140 Å². The molecule has 2 aromatic carbocycles. The minimum atomic E-state index is -0.380. The van der Waals surface area contributed by atoms with E-state index in [9.17, 15) is 19.2 Å². The number of rotatable bonds is 26.